The summed E-state index contributed by atoms with van der Waals surface area (Å²) in [6, 6.07) is 43.2. The van der Waals surface area contributed by atoms with Crippen molar-refractivity contribution in [2.24, 2.45) is 0 Å². The van der Waals surface area contributed by atoms with Crippen LogP contribution in [-0.4, -0.2) is 9.55 Å². The predicted octanol–water partition coefficient (Wildman–Crippen LogP) is 16.1. The zero-order valence-corrected chi connectivity index (χ0v) is 42.2. The fourth-order valence-electron chi connectivity index (χ4n) is 8.67. The van der Waals surface area contributed by atoms with Crippen molar-refractivity contribution in [3.8, 4) is 17.3 Å². The van der Waals surface area contributed by atoms with Crippen LogP contribution in [0.1, 0.15) is 144 Å². The molecular formula is C57H65N4OPt-3. The third-order valence-corrected chi connectivity index (χ3v) is 12.7. The molecule has 63 heavy (non-hydrogen) atoms. The van der Waals surface area contributed by atoms with Crippen molar-refractivity contribution in [1.82, 2.24) is 9.55 Å². The minimum absolute atomic E-state index is 0. The summed E-state index contributed by atoms with van der Waals surface area (Å²) in [6.07, 6.45) is 4.16. The average molecular weight is 1020 g/mol. The van der Waals surface area contributed by atoms with Crippen LogP contribution in [0.5, 0.6) is 11.5 Å². The molecule has 0 atom stereocenters. The van der Waals surface area contributed by atoms with Gasteiger partial charge in [0.2, 0.25) is 0 Å². The number of hydrogen-bond acceptors (Lipinski definition) is 4. The van der Waals surface area contributed by atoms with E-state index >= 15 is 0 Å². The molecule has 1 aliphatic heterocycles. The van der Waals surface area contributed by atoms with E-state index < -0.39 is 0 Å². The zero-order valence-electron chi connectivity index (χ0n) is 39.9. The molecule has 0 bridgehead atoms. The van der Waals surface area contributed by atoms with Gasteiger partial charge in [0.1, 0.15) is 5.82 Å². The summed E-state index contributed by atoms with van der Waals surface area (Å²) in [4.78, 5) is 9.59. The van der Waals surface area contributed by atoms with Gasteiger partial charge in [0, 0.05) is 61.3 Å². The summed E-state index contributed by atoms with van der Waals surface area (Å²) in [5.41, 5.74) is 12.5. The first kappa shape index (κ1) is 46.1. The Morgan fingerprint density at radius 2 is 1.22 bits per heavy atom. The zero-order chi connectivity index (χ0) is 44.5. The van der Waals surface area contributed by atoms with Gasteiger partial charge in [-0.15, -0.1) is 53.6 Å². The second-order valence-corrected chi connectivity index (χ2v) is 21.4. The van der Waals surface area contributed by atoms with E-state index in [9.17, 15) is 0 Å². The number of rotatable bonds is 8. The van der Waals surface area contributed by atoms with Gasteiger partial charge in [0.05, 0.1) is 0 Å². The maximum Gasteiger partial charge on any atom is 0.135 e. The van der Waals surface area contributed by atoms with Gasteiger partial charge in [-0.25, -0.2) is 4.98 Å². The van der Waals surface area contributed by atoms with Crippen LogP contribution >= 0.6 is 0 Å². The topological polar surface area (TPSA) is 33.5 Å². The summed E-state index contributed by atoms with van der Waals surface area (Å²) < 4.78 is 9.16. The monoisotopic (exact) mass is 1020 g/mol. The third-order valence-electron chi connectivity index (χ3n) is 12.7. The Bertz CT molecular complexity index is 2780. The second kappa shape index (κ2) is 16.9. The Kier molecular flexibility index (Phi) is 12.4. The quantitative estimate of drug-likeness (QED) is 0.142. The Morgan fingerprint density at radius 1 is 0.587 bits per heavy atom. The molecule has 0 radical (unpaired) electrons. The number of anilines is 4. The van der Waals surface area contributed by atoms with Crippen LogP contribution in [0.2, 0.25) is 0 Å². The van der Waals surface area contributed by atoms with E-state index in [1.54, 1.807) is 0 Å². The molecule has 8 rings (SSSR count). The van der Waals surface area contributed by atoms with E-state index in [1.807, 2.05) is 12.3 Å². The number of pyridine rings is 1. The van der Waals surface area contributed by atoms with Gasteiger partial charge in [-0.3, -0.25) is 0 Å². The maximum atomic E-state index is 6.90. The molecule has 0 saturated heterocycles. The normalized spacial score (nSPS) is 13.6. The van der Waals surface area contributed by atoms with E-state index in [1.165, 1.54) is 22.3 Å². The van der Waals surface area contributed by atoms with Crippen molar-refractivity contribution in [2.45, 2.75) is 137 Å². The van der Waals surface area contributed by atoms with Crippen molar-refractivity contribution >= 4 is 44.6 Å². The predicted molar refractivity (Wildman–Crippen MR) is 262 cm³/mol. The van der Waals surface area contributed by atoms with Crippen molar-refractivity contribution in [1.29, 1.82) is 0 Å². The third kappa shape index (κ3) is 9.10. The molecule has 0 saturated carbocycles. The van der Waals surface area contributed by atoms with Gasteiger partial charge < -0.3 is 19.1 Å². The van der Waals surface area contributed by atoms with Crippen LogP contribution in [0, 0.1) is 18.8 Å². The number of benzene rings is 5. The average Bonchev–Trinajstić information content (AvgIpc) is 3.75. The van der Waals surface area contributed by atoms with Crippen LogP contribution in [0.25, 0.3) is 27.6 Å². The molecule has 5 aromatic carbocycles. The van der Waals surface area contributed by atoms with E-state index in [0.717, 1.165) is 68.8 Å². The molecule has 332 valence electrons. The largest absolute Gasteiger partial charge is 0.509 e. The first-order chi connectivity index (χ1) is 29.1. The molecule has 0 spiro atoms. The Morgan fingerprint density at radius 3 is 1.89 bits per heavy atom. The van der Waals surface area contributed by atoms with Crippen LogP contribution in [0.15, 0.2) is 103 Å². The first-order valence-electron chi connectivity index (χ1n) is 22.6. The van der Waals surface area contributed by atoms with Crippen LogP contribution < -0.4 is 14.5 Å². The van der Waals surface area contributed by atoms with Gasteiger partial charge in [0.25, 0.3) is 0 Å². The number of aromatic nitrogens is 2. The first-order valence-corrected chi connectivity index (χ1v) is 22.6. The molecule has 0 fully saturated rings. The maximum absolute atomic E-state index is 6.90. The van der Waals surface area contributed by atoms with Crippen molar-refractivity contribution in [2.75, 3.05) is 9.80 Å². The number of fused-ring (bicyclic) bond motifs is 4. The van der Waals surface area contributed by atoms with Crippen LogP contribution in [-0.2, 0) is 42.7 Å². The number of hydrogen-bond donors (Lipinski definition) is 0. The molecule has 0 N–H and O–H groups in total. The number of ether oxygens (including phenoxy) is 1. The fraction of sp³-hybridized carbons (Fsp3) is 0.368. The van der Waals surface area contributed by atoms with Gasteiger partial charge in [-0.2, -0.15) is 6.07 Å². The van der Waals surface area contributed by atoms with Crippen molar-refractivity contribution in [3.05, 3.63) is 150 Å². The molecule has 2 aromatic heterocycles. The SMILES string of the molecule is CCC(CC)c1cccc(N2[CH-]N(c3[c-]c(Oc4[c-]c5c(cc4)c4ccc(C(C)(C)C)cc4n5-c4cc(C(C)(C)C)ccn4)cc(C(C)(C)C)c3)c3ccc(C(C)(C)C)cc32)c1.[Pt]. The summed E-state index contributed by atoms with van der Waals surface area (Å²) in [5, 5.41) is 2.27. The molecule has 0 unspecified atom stereocenters. The second-order valence-electron chi connectivity index (χ2n) is 21.4. The van der Waals surface area contributed by atoms with E-state index in [-0.39, 0.29) is 42.7 Å². The molecule has 7 aromatic rings. The summed E-state index contributed by atoms with van der Waals surface area (Å²) in [6.45, 7) is 33.9. The smallest absolute Gasteiger partial charge is 0.135 e. The minimum Gasteiger partial charge on any atom is -0.509 e. The molecule has 1 aliphatic rings. The fourth-order valence-corrected chi connectivity index (χ4v) is 8.67. The molecular weight excluding hydrogens is 952 g/mol. The van der Waals surface area contributed by atoms with Crippen molar-refractivity contribution in [3.63, 3.8) is 0 Å². The van der Waals surface area contributed by atoms with Gasteiger partial charge in [0.15, 0.2) is 0 Å². The van der Waals surface area contributed by atoms with E-state index in [4.69, 9.17) is 9.72 Å². The van der Waals surface area contributed by atoms with Gasteiger partial charge in [-0.05, 0) is 111 Å². The Labute approximate surface area is 392 Å². The summed E-state index contributed by atoms with van der Waals surface area (Å²) in [5.74, 6) is 2.66. The van der Waals surface area contributed by atoms with Gasteiger partial charge >= 0.3 is 0 Å². The molecule has 6 heteroatoms. The molecule has 0 amide bonds. The standard InChI is InChI=1S/C57H65N4O.Pt/c1-15-37(16-2)38-18-17-19-43(28-38)59-36-60(49-25-21-40(32-52(49)59)55(6,7)8)44-29-42(57(12,13)14)30-46(34-44)62-45-22-24-48-47-23-20-39(54(3,4)5)31-50(47)61(51(48)35-45)53-33-41(26-27-58-53)56(9,10)11;/h17-33,36-37H,15-16H2,1-14H3;/q-3;. The summed E-state index contributed by atoms with van der Waals surface area (Å²) in [7, 11) is 0. The van der Waals surface area contributed by atoms with Gasteiger partial charge in [-0.1, -0.05) is 133 Å². The molecule has 5 nitrogen and oxygen atoms in total. The Balaban J connectivity index is 0.00000595. The number of nitrogens with zero attached hydrogens (tertiary/aromatic N) is 4. The molecule has 0 aliphatic carbocycles. The molecule has 3 heterocycles. The minimum atomic E-state index is -0.154. The van der Waals surface area contributed by atoms with E-state index in [0.29, 0.717) is 17.4 Å². The summed E-state index contributed by atoms with van der Waals surface area (Å²) >= 11 is 0. The Hall–Kier alpha value is -4.86. The van der Waals surface area contributed by atoms with E-state index in [2.05, 4.69) is 221 Å². The van der Waals surface area contributed by atoms with Crippen LogP contribution in [0.4, 0.5) is 22.7 Å². The van der Waals surface area contributed by atoms with Crippen LogP contribution in [0.3, 0.4) is 0 Å². The van der Waals surface area contributed by atoms with Crippen molar-refractivity contribution < 1.29 is 25.8 Å².